The number of aromatic nitrogens is 1. The molecule has 1 N–H and O–H groups in total. The SMILES string of the molecule is COc1ccc(NS(=O)(=O)c2cncc(Br)c2)cc1F. The highest BCUT2D eigenvalue weighted by Gasteiger charge is 2.16. The Morgan fingerprint density at radius 2 is 2.05 bits per heavy atom. The number of rotatable bonds is 4. The van der Waals surface area contributed by atoms with Gasteiger partial charge >= 0.3 is 0 Å². The minimum atomic E-state index is -3.82. The third-order valence-corrected chi connectivity index (χ3v) is 4.18. The van der Waals surface area contributed by atoms with Crippen molar-refractivity contribution < 1.29 is 17.5 Å². The second-order valence-electron chi connectivity index (χ2n) is 3.79. The van der Waals surface area contributed by atoms with E-state index in [1.54, 1.807) is 0 Å². The normalized spacial score (nSPS) is 11.2. The highest BCUT2D eigenvalue weighted by molar-refractivity contribution is 9.10. The molecular formula is C12H10BrFN2O3S. The number of ether oxygens (including phenoxy) is 1. The fraction of sp³-hybridized carbons (Fsp3) is 0.0833. The molecule has 0 aliphatic heterocycles. The molecule has 0 fully saturated rings. The topological polar surface area (TPSA) is 68.3 Å². The van der Waals surface area contributed by atoms with Gasteiger partial charge in [-0.25, -0.2) is 12.8 Å². The minimum absolute atomic E-state index is 0.0249. The molecule has 1 aromatic carbocycles. The summed E-state index contributed by atoms with van der Waals surface area (Å²) in [5, 5.41) is 0. The number of anilines is 1. The Kier molecular flexibility index (Phi) is 4.24. The summed E-state index contributed by atoms with van der Waals surface area (Å²) in [4.78, 5) is 3.75. The van der Waals surface area contributed by atoms with Crippen molar-refractivity contribution in [1.29, 1.82) is 0 Å². The Bertz CT molecular complexity index is 737. The molecule has 1 aromatic heterocycles. The summed E-state index contributed by atoms with van der Waals surface area (Å²) in [6.45, 7) is 0. The first-order chi connectivity index (χ1) is 9.42. The van der Waals surface area contributed by atoms with Gasteiger partial charge in [0.2, 0.25) is 0 Å². The second-order valence-corrected chi connectivity index (χ2v) is 6.39. The van der Waals surface area contributed by atoms with E-state index in [9.17, 15) is 12.8 Å². The molecule has 20 heavy (non-hydrogen) atoms. The zero-order chi connectivity index (χ0) is 14.8. The van der Waals surface area contributed by atoms with Gasteiger partial charge in [-0.3, -0.25) is 9.71 Å². The van der Waals surface area contributed by atoms with Crippen molar-refractivity contribution in [2.24, 2.45) is 0 Å². The Morgan fingerprint density at radius 1 is 1.30 bits per heavy atom. The number of benzene rings is 1. The van der Waals surface area contributed by atoms with E-state index in [-0.39, 0.29) is 16.3 Å². The van der Waals surface area contributed by atoms with Gasteiger partial charge in [0.25, 0.3) is 10.0 Å². The van der Waals surface area contributed by atoms with Gasteiger partial charge in [-0.15, -0.1) is 0 Å². The van der Waals surface area contributed by atoms with Gasteiger partial charge in [0.15, 0.2) is 11.6 Å². The molecule has 0 aliphatic carbocycles. The standard InChI is InChI=1S/C12H10BrFN2O3S/c1-19-12-3-2-9(5-11(12)14)16-20(17,18)10-4-8(13)6-15-7-10/h2-7,16H,1H3. The van der Waals surface area contributed by atoms with Crippen molar-refractivity contribution in [2.45, 2.75) is 4.90 Å². The zero-order valence-electron chi connectivity index (χ0n) is 10.3. The quantitative estimate of drug-likeness (QED) is 0.909. The number of hydrogen-bond acceptors (Lipinski definition) is 4. The van der Waals surface area contributed by atoms with Crippen LogP contribution in [0.25, 0.3) is 0 Å². The van der Waals surface area contributed by atoms with E-state index in [4.69, 9.17) is 4.74 Å². The van der Waals surface area contributed by atoms with Crippen molar-refractivity contribution in [2.75, 3.05) is 11.8 Å². The first kappa shape index (κ1) is 14.7. The molecule has 8 heteroatoms. The van der Waals surface area contributed by atoms with Crippen LogP contribution in [0.5, 0.6) is 5.75 Å². The lowest BCUT2D eigenvalue weighted by atomic mass is 10.3. The molecule has 0 atom stereocenters. The molecule has 0 radical (unpaired) electrons. The molecule has 2 rings (SSSR count). The van der Waals surface area contributed by atoms with E-state index in [1.165, 1.54) is 37.7 Å². The molecule has 5 nitrogen and oxygen atoms in total. The number of methoxy groups -OCH3 is 1. The summed E-state index contributed by atoms with van der Waals surface area (Å²) < 4.78 is 45.3. The Labute approximate surface area is 124 Å². The summed E-state index contributed by atoms with van der Waals surface area (Å²) in [6.07, 6.45) is 2.67. The largest absolute Gasteiger partial charge is 0.494 e. The van der Waals surface area contributed by atoms with Crippen LogP contribution in [0, 0.1) is 5.82 Å². The van der Waals surface area contributed by atoms with Crippen LogP contribution in [0.2, 0.25) is 0 Å². The average Bonchev–Trinajstić information content (AvgIpc) is 2.38. The van der Waals surface area contributed by atoms with Crippen LogP contribution >= 0.6 is 15.9 Å². The van der Waals surface area contributed by atoms with Crippen LogP contribution in [0.4, 0.5) is 10.1 Å². The lowest BCUT2D eigenvalue weighted by Gasteiger charge is -2.09. The highest BCUT2D eigenvalue weighted by atomic mass is 79.9. The lowest BCUT2D eigenvalue weighted by molar-refractivity contribution is 0.386. The van der Waals surface area contributed by atoms with E-state index in [0.717, 1.165) is 6.07 Å². The third-order valence-electron chi connectivity index (χ3n) is 2.39. The predicted octanol–water partition coefficient (Wildman–Crippen LogP) is 2.79. The number of hydrogen-bond donors (Lipinski definition) is 1. The first-order valence-electron chi connectivity index (χ1n) is 5.39. The van der Waals surface area contributed by atoms with Crippen molar-refractivity contribution in [1.82, 2.24) is 4.98 Å². The van der Waals surface area contributed by atoms with Crippen molar-refractivity contribution in [3.63, 3.8) is 0 Å². The summed E-state index contributed by atoms with van der Waals surface area (Å²) in [7, 11) is -2.49. The number of pyridine rings is 1. The van der Waals surface area contributed by atoms with Crippen LogP contribution in [0.3, 0.4) is 0 Å². The molecule has 106 valence electrons. The van der Waals surface area contributed by atoms with Crippen LogP contribution in [-0.4, -0.2) is 20.5 Å². The number of nitrogens with zero attached hydrogens (tertiary/aromatic N) is 1. The molecular weight excluding hydrogens is 351 g/mol. The van der Waals surface area contributed by atoms with E-state index >= 15 is 0 Å². The lowest BCUT2D eigenvalue weighted by Crippen LogP contribution is -2.13. The van der Waals surface area contributed by atoms with E-state index in [2.05, 4.69) is 25.6 Å². The fourth-order valence-electron chi connectivity index (χ4n) is 1.48. The molecule has 1 heterocycles. The average molecular weight is 361 g/mol. The summed E-state index contributed by atoms with van der Waals surface area (Å²) in [5.74, 6) is -0.614. The number of halogens is 2. The molecule has 0 aliphatic rings. The molecule has 2 aromatic rings. The smallest absolute Gasteiger partial charge is 0.263 e. The summed E-state index contributed by atoms with van der Waals surface area (Å²) in [6, 6.07) is 5.19. The van der Waals surface area contributed by atoms with Gasteiger partial charge in [-0.2, -0.15) is 0 Å². The van der Waals surface area contributed by atoms with Gasteiger partial charge in [0, 0.05) is 22.9 Å². The van der Waals surface area contributed by atoms with Crippen LogP contribution in [-0.2, 0) is 10.0 Å². The Morgan fingerprint density at radius 3 is 2.65 bits per heavy atom. The second kappa shape index (κ2) is 5.76. The van der Waals surface area contributed by atoms with Crippen LogP contribution in [0.1, 0.15) is 0 Å². The van der Waals surface area contributed by atoms with Crippen LogP contribution < -0.4 is 9.46 Å². The van der Waals surface area contributed by atoms with Crippen LogP contribution in [0.15, 0.2) is 46.0 Å². The summed E-state index contributed by atoms with van der Waals surface area (Å²) in [5.41, 5.74) is 0.100. The summed E-state index contributed by atoms with van der Waals surface area (Å²) >= 11 is 3.14. The van der Waals surface area contributed by atoms with Crippen molar-refractivity contribution >= 4 is 31.6 Å². The molecule has 0 saturated carbocycles. The maximum absolute atomic E-state index is 13.5. The van der Waals surface area contributed by atoms with E-state index in [0.29, 0.717) is 4.47 Å². The first-order valence-corrected chi connectivity index (χ1v) is 7.67. The van der Waals surface area contributed by atoms with E-state index < -0.39 is 15.8 Å². The van der Waals surface area contributed by atoms with Gasteiger partial charge in [-0.05, 0) is 34.1 Å². The minimum Gasteiger partial charge on any atom is -0.494 e. The van der Waals surface area contributed by atoms with Gasteiger partial charge in [0.05, 0.1) is 12.8 Å². The monoisotopic (exact) mass is 360 g/mol. The van der Waals surface area contributed by atoms with Crippen molar-refractivity contribution in [3.8, 4) is 5.75 Å². The maximum atomic E-state index is 13.5. The predicted molar refractivity (Wildman–Crippen MR) is 75.7 cm³/mol. The fourth-order valence-corrected chi connectivity index (χ4v) is 3.04. The van der Waals surface area contributed by atoms with E-state index in [1.807, 2.05) is 0 Å². The highest BCUT2D eigenvalue weighted by Crippen LogP contribution is 2.23. The maximum Gasteiger partial charge on any atom is 0.263 e. The number of sulfonamides is 1. The zero-order valence-corrected chi connectivity index (χ0v) is 12.7. The Hall–Kier alpha value is -1.67. The molecule has 0 spiro atoms. The molecule has 0 unspecified atom stereocenters. The molecule has 0 amide bonds. The Balaban J connectivity index is 2.31. The van der Waals surface area contributed by atoms with Gasteiger partial charge in [-0.1, -0.05) is 0 Å². The molecule has 0 saturated heterocycles. The third kappa shape index (κ3) is 3.26. The van der Waals surface area contributed by atoms with Gasteiger partial charge in [0.1, 0.15) is 4.90 Å². The van der Waals surface area contributed by atoms with Crippen molar-refractivity contribution in [3.05, 3.63) is 46.9 Å². The molecule has 0 bridgehead atoms. The number of nitrogens with one attached hydrogen (secondary N) is 1. The van der Waals surface area contributed by atoms with Gasteiger partial charge < -0.3 is 4.74 Å².